The zero-order valence-electron chi connectivity index (χ0n) is 20.5. The molecular weight excluding hydrogens is 426 g/mol. The van der Waals surface area contributed by atoms with Crippen molar-refractivity contribution >= 4 is 23.8 Å². The number of anilines is 2. The molecule has 3 rings (SSSR count). The Morgan fingerprint density at radius 3 is 2.85 bits per heavy atom. The number of nitrogen functional groups attached to an aromatic ring is 1. The SMILES string of the molecule is C/C=C(C)\C=C(/C=N)Nc1ncc(CC)c(CNC2CCN(C(=O)c3ccc(N)c(C)c3)C2)n1. The molecule has 0 spiro atoms. The number of aromatic nitrogens is 2. The summed E-state index contributed by atoms with van der Waals surface area (Å²) in [6, 6.07) is 5.64. The van der Waals surface area contributed by atoms with E-state index >= 15 is 0 Å². The molecule has 2 aromatic rings. The molecule has 1 saturated heterocycles. The van der Waals surface area contributed by atoms with Crippen LogP contribution in [0.25, 0.3) is 0 Å². The molecule has 0 bridgehead atoms. The van der Waals surface area contributed by atoms with E-state index in [1.54, 1.807) is 12.1 Å². The molecule has 1 aliphatic rings. The molecule has 1 atom stereocenters. The van der Waals surface area contributed by atoms with Gasteiger partial charge in [-0.1, -0.05) is 18.6 Å². The van der Waals surface area contributed by atoms with Crippen molar-refractivity contribution in [1.82, 2.24) is 20.2 Å². The van der Waals surface area contributed by atoms with E-state index in [1.807, 2.05) is 50.1 Å². The number of carbonyl (C=O) groups is 1. The van der Waals surface area contributed by atoms with Crippen LogP contribution < -0.4 is 16.4 Å². The summed E-state index contributed by atoms with van der Waals surface area (Å²) in [6.45, 7) is 9.89. The van der Waals surface area contributed by atoms with Crippen molar-refractivity contribution in [3.63, 3.8) is 0 Å². The summed E-state index contributed by atoms with van der Waals surface area (Å²) in [5.41, 5.74) is 11.9. The molecule has 5 N–H and O–H groups in total. The highest BCUT2D eigenvalue weighted by atomic mass is 16.2. The second-order valence-corrected chi connectivity index (χ2v) is 8.61. The largest absolute Gasteiger partial charge is 0.399 e. The van der Waals surface area contributed by atoms with Gasteiger partial charge < -0.3 is 26.7 Å². The van der Waals surface area contributed by atoms with Gasteiger partial charge in [0.25, 0.3) is 5.91 Å². The number of nitrogens with two attached hydrogens (primary N) is 1. The van der Waals surface area contributed by atoms with Crippen LogP contribution in [0.15, 0.2) is 47.8 Å². The molecule has 8 heteroatoms. The van der Waals surface area contributed by atoms with Gasteiger partial charge >= 0.3 is 0 Å². The Kier molecular flexibility index (Phi) is 8.54. The molecule has 1 aromatic heterocycles. The summed E-state index contributed by atoms with van der Waals surface area (Å²) in [5.74, 6) is 0.507. The normalized spacial score (nSPS) is 16.6. The average Bonchev–Trinajstić information content (AvgIpc) is 3.32. The number of benzene rings is 1. The maximum atomic E-state index is 12.9. The molecule has 8 nitrogen and oxygen atoms in total. The Hall–Kier alpha value is -3.52. The fraction of sp³-hybridized carbons (Fsp3) is 0.385. The van der Waals surface area contributed by atoms with Gasteiger partial charge in [-0.2, -0.15) is 0 Å². The maximum Gasteiger partial charge on any atom is 0.253 e. The molecule has 1 fully saturated rings. The van der Waals surface area contributed by atoms with Crippen molar-refractivity contribution in [2.45, 2.75) is 53.1 Å². The van der Waals surface area contributed by atoms with E-state index in [2.05, 4.69) is 22.5 Å². The predicted octanol–water partition coefficient (Wildman–Crippen LogP) is 3.85. The Morgan fingerprint density at radius 1 is 1.38 bits per heavy atom. The van der Waals surface area contributed by atoms with Crippen LogP contribution in [0.1, 0.15) is 54.4 Å². The third kappa shape index (κ3) is 6.29. The van der Waals surface area contributed by atoms with Crippen LogP contribution in [0, 0.1) is 12.3 Å². The summed E-state index contributed by atoms with van der Waals surface area (Å²) < 4.78 is 0. The quantitative estimate of drug-likeness (QED) is 0.256. The van der Waals surface area contributed by atoms with Gasteiger partial charge in [-0.15, -0.1) is 0 Å². The van der Waals surface area contributed by atoms with Crippen molar-refractivity contribution in [3.8, 4) is 0 Å². The number of rotatable bonds is 9. The number of allylic oxidation sites excluding steroid dienone is 4. The molecule has 0 saturated carbocycles. The molecule has 180 valence electrons. The van der Waals surface area contributed by atoms with E-state index in [0.717, 1.165) is 41.8 Å². The fourth-order valence-electron chi connectivity index (χ4n) is 3.87. The molecule has 1 aliphatic heterocycles. The number of likely N-dealkylation sites (tertiary alicyclic amines) is 1. The van der Waals surface area contributed by atoms with Gasteiger partial charge in [0.2, 0.25) is 5.95 Å². The Morgan fingerprint density at radius 2 is 2.18 bits per heavy atom. The lowest BCUT2D eigenvalue weighted by Gasteiger charge is -2.18. The van der Waals surface area contributed by atoms with Gasteiger partial charge in [-0.05, 0) is 69.0 Å². The number of hydrogen-bond acceptors (Lipinski definition) is 7. The molecule has 2 heterocycles. The van der Waals surface area contributed by atoms with Crippen molar-refractivity contribution in [3.05, 3.63) is 70.2 Å². The number of nitrogens with zero attached hydrogens (tertiary/aromatic N) is 3. The molecule has 1 amide bonds. The molecule has 1 unspecified atom stereocenters. The zero-order valence-corrected chi connectivity index (χ0v) is 20.5. The van der Waals surface area contributed by atoms with Crippen molar-refractivity contribution < 1.29 is 4.79 Å². The summed E-state index contributed by atoms with van der Waals surface area (Å²) in [7, 11) is 0. The molecule has 0 radical (unpaired) electrons. The topological polar surface area (TPSA) is 120 Å². The van der Waals surface area contributed by atoms with Crippen LogP contribution in [0.4, 0.5) is 11.6 Å². The van der Waals surface area contributed by atoms with Crippen molar-refractivity contribution in [2.75, 3.05) is 24.1 Å². The van der Waals surface area contributed by atoms with E-state index in [0.29, 0.717) is 36.0 Å². The van der Waals surface area contributed by atoms with Gasteiger partial charge in [0, 0.05) is 49.3 Å². The summed E-state index contributed by atoms with van der Waals surface area (Å²) in [4.78, 5) is 23.9. The third-order valence-electron chi connectivity index (χ3n) is 6.14. The van der Waals surface area contributed by atoms with E-state index in [4.69, 9.17) is 16.1 Å². The minimum atomic E-state index is 0.0394. The first kappa shape index (κ1) is 25.1. The third-order valence-corrected chi connectivity index (χ3v) is 6.14. The van der Waals surface area contributed by atoms with Crippen molar-refractivity contribution in [2.24, 2.45) is 0 Å². The van der Waals surface area contributed by atoms with Crippen molar-refractivity contribution in [1.29, 1.82) is 5.41 Å². The lowest BCUT2D eigenvalue weighted by molar-refractivity contribution is 0.0789. The standard InChI is InChI=1S/C26H35N7O/c1-5-17(3)11-22(13-27)31-26-30-14-19(6-2)24(32-26)15-29-21-9-10-33(16-21)25(34)20-7-8-23(28)18(4)12-20/h5,7-8,11-14,21,27,29H,6,9-10,15-16,28H2,1-4H3,(H,30,31,32)/b17-5-,22-11+,27-13?. The monoisotopic (exact) mass is 461 g/mol. The summed E-state index contributed by atoms with van der Waals surface area (Å²) >= 11 is 0. The zero-order chi connectivity index (χ0) is 24.7. The lowest BCUT2D eigenvalue weighted by atomic mass is 10.1. The van der Waals surface area contributed by atoms with Crippen LogP contribution in [0.2, 0.25) is 0 Å². The molecule has 1 aromatic carbocycles. The van der Waals surface area contributed by atoms with Gasteiger partial charge in [-0.25, -0.2) is 9.97 Å². The van der Waals surface area contributed by atoms with Crippen LogP contribution in [0.3, 0.4) is 0 Å². The minimum Gasteiger partial charge on any atom is -0.399 e. The fourth-order valence-corrected chi connectivity index (χ4v) is 3.87. The highest BCUT2D eigenvalue weighted by molar-refractivity contribution is 5.95. The highest BCUT2D eigenvalue weighted by Crippen LogP contribution is 2.18. The Bertz CT molecular complexity index is 1110. The first-order valence-corrected chi connectivity index (χ1v) is 11.7. The number of carbonyl (C=O) groups excluding carboxylic acids is 1. The van der Waals surface area contributed by atoms with Crippen LogP contribution in [-0.2, 0) is 13.0 Å². The van der Waals surface area contributed by atoms with Crippen LogP contribution in [0.5, 0.6) is 0 Å². The van der Waals surface area contributed by atoms with Gasteiger partial charge in [-0.3, -0.25) is 4.79 Å². The number of amides is 1. The maximum absolute atomic E-state index is 12.9. The van der Waals surface area contributed by atoms with Gasteiger partial charge in [0.05, 0.1) is 11.4 Å². The number of nitrogens with one attached hydrogen (secondary N) is 3. The van der Waals surface area contributed by atoms with E-state index in [9.17, 15) is 4.79 Å². The van der Waals surface area contributed by atoms with Crippen LogP contribution in [-0.4, -0.2) is 46.1 Å². The van der Waals surface area contributed by atoms with Gasteiger partial charge in [0.1, 0.15) is 0 Å². The average molecular weight is 462 g/mol. The number of hydrogen-bond donors (Lipinski definition) is 4. The predicted molar refractivity (Wildman–Crippen MR) is 138 cm³/mol. The smallest absolute Gasteiger partial charge is 0.253 e. The summed E-state index contributed by atoms with van der Waals surface area (Å²) in [5, 5.41) is 14.3. The lowest BCUT2D eigenvalue weighted by Crippen LogP contribution is -2.35. The summed E-state index contributed by atoms with van der Waals surface area (Å²) in [6.07, 6.45) is 8.67. The van der Waals surface area contributed by atoms with Gasteiger partial charge in [0.15, 0.2) is 0 Å². The first-order valence-electron chi connectivity index (χ1n) is 11.7. The Balaban J connectivity index is 1.64. The molecular formula is C26H35N7O. The van der Waals surface area contributed by atoms with E-state index < -0.39 is 0 Å². The minimum absolute atomic E-state index is 0.0394. The number of aryl methyl sites for hydroxylation is 2. The first-order chi connectivity index (χ1) is 16.3. The highest BCUT2D eigenvalue weighted by Gasteiger charge is 2.27. The second-order valence-electron chi connectivity index (χ2n) is 8.61. The van der Waals surface area contributed by atoms with E-state index in [-0.39, 0.29) is 11.9 Å². The molecule has 0 aliphatic carbocycles. The Labute approximate surface area is 201 Å². The molecule has 34 heavy (non-hydrogen) atoms. The second kappa shape index (κ2) is 11.6. The van der Waals surface area contributed by atoms with E-state index in [1.165, 1.54) is 6.21 Å². The van der Waals surface area contributed by atoms with Crippen LogP contribution >= 0.6 is 0 Å².